The molecule has 0 spiro atoms. The first kappa shape index (κ1) is 26.2. The Labute approximate surface area is 227 Å². The molecule has 3 N–H and O–H groups in total. The Kier molecular flexibility index (Phi) is 7.42. The van der Waals surface area contributed by atoms with Crippen LogP contribution in [0.4, 0.5) is 29.1 Å². The van der Waals surface area contributed by atoms with Gasteiger partial charge in [0.1, 0.15) is 5.82 Å². The third-order valence-electron chi connectivity index (χ3n) is 7.01. The molecule has 200 valence electrons. The first-order valence-corrected chi connectivity index (χ1v) is 14.4. The third-order valence-corrected chi connectivity index (χ3v) is 8.84. The van der Waals surface area contributed by atoms with Gasteiger partial charge in [0.25, 0.3) is 10.0 Å². The number of imidazole rings is 1. The van der Waals surface area contributed by atoms with Crippen molar-refractivity contribution in [3.8, 4) is 0 Å². The van der Waals surface area contributed by atoms with Crippen LogP contribution in [-0.2, 0) is 17.1 Å². The highest BCUT2D eigenvalue weighted by atomic mass is 35.5. The summed E-state index contributed by atoms with van der Waals surface area (Å²) in [6, 6.07) is 13.4. The van der Waals surface area contributed by atoms with Crippen LogP contribution < -0.4 is 19.8 Å². The molecule has 0 bridgehead atoms. The van der Waals surface area contributed by atoms with Gasteiger partial charge < -0.3 is 20.1 Å². The average molecular weight is 555 g/mol. The zero-order valence-corrected chi connectivity index (χ0v) is 23.1. The van der Waals surface area contributed by atoms with Crippen molar-refractivity contribution in [2.45, 2.75) is 50.0 Å². The van der Waals surface area contributed by atoms with Crippen LogP contribution in [0.1, 0.15) is 37.7 Å². The summed E-state index contributed by atoms with van der Waals surface area (Å²) in [7, 11) is 0.155. The van der Waals surface area contributed by atoms with E-state index < -0.39 is 10.0 Å². The second-order valence-electron chi connectivity index (χ2n) is 9.63. The number of aryl methyl sites for hydroxylation is 2. The van der Waals surface area contributed by atoms with Gasteiger partial charge in [-0.2, -0.15) is 4.98 Å². The number of aromatic nitrogens is 4. The zero-order chi connectivity index (χ0) is 26.9. The quantitative estimate of drug-likeness (QED) is 0.249. The van der Waals surface area contributed by atoms with Gasteiger partial charge in [0.15, 0.2) is 0 Å². The van der Waals surface area contributed by atoms with Crippen LogP contribution in [0.5, 0.6) is 0 Å². The van der Waals surface area contributed by atoms with Gasteiger partial charge in [-0.05, 0) is 73.5 Å². The smallest absolute Gasteiger partial charge is 0.254 e. The number of nitrogens with zero attached hydrogens (tertiary/aromatic N) is 5. The highest BCUT2D eigenvalue weighted by Gasteiger charge is 2.18. The van der Waals surface area contributed by atoms with Gasteiger partial charge in [-0.1, -0.05) is 25.3 Å². The Morgan fingerprint density at radius 2 is 1.84 bits per heavy atom. The minimum Gasteiger partial charge on any atom is -0.353 e. The zero-order valence-electron chi connectivity index (χ0n) is 21.6. The molecular weight excluding hydrogens is 524 g/mol. The molecule has 0 atom stereocenters. The molecular formula is C26H31ClN8O2S. The van der Waals surface area contributed by atoms with E-state index >= 15 is 0 Å². The van der Waals surface area contributed by atoms with E-state index in [0.29, 0.717) is 29.1 Å². The van der Waals surface area contributed by atoms with Gasteiger partial charge in [0.2, 0.25) is 11.9 Å². The predicted octanol–water partition coefficient (Wildman–Crippen LogP) is 5.36. The molecule has 2 aromatic heterocycles. The van der Waals surface area contributed by atoms with Gasteiger partial charge in [0.05, 0.1) is 15.9 Å². The number of hydrogen-bond donors (Lipinski definition) is 3. The minimum atomic E-state index is -3.82. The molecule has 38 heavy (non-hydrogen) atoms. The monoisotopic (exact) mass is 554 g/mol. The summed E-state index contributed by atoms with van der Waals surface area (Å²) >= 11 is 5.42. The highest BCUT2D eigenvalue weighted by molar-refractivity contribution is 7.90. The summed E-state index contributed by atoms with van der Waals surface area (Å²) in [6.45, 7) is 1.70. The number of nitrogens with one attached hydrogen (secondary N) is 3. The van der Waals surface area contributed by atoms with Crippen LogP contribution >= 0.6 is 11.8 Å². The SMILES string of the molecule is Cc1ccc(Nc2nccc(N(C)c3ccc4c(c3)nc(NC3CCCCC3)n4C)n2)cc1S(=O)(=O)NCl. The van der Waals surface area contributed by atoms with Gasteiger partial charge in [-0.3, -0.25) is 0 Å². The van der Waals surface area contributed by atoms with E-state index in [1.807, 2.05) is 41.4 Å². The molecule has 4 aromatic rings. The Morgan fingerprint density at radius 1 is 1.05 bits per heavy atom. The van der Waals surface area contributed by atoms with E-state index in [0.717, 1.165) is 22.7 Å². The second kappa shape index (κ2) is 10.8. The molecule has 1 aliphatic carbocycles. The summed E-state index contributed by atoms with van der Waals surface area (Å²) in [5.41, 5.74) is 3.99. The molecule has 0 saturated heterocycles. The van der Waals surface area contributed by atoms with Crippen LogP contribution in [0.15, 0.2) is 53.6 Å². The molecule has 10 nitrogen and oxygen atoms in total. The molecule has 0 unspecified atom stereocenters. The normalized spacial score (nSPS) is 14.5. The van der Waals surface area contributed by atoms with Crippen molar-refractivity contribution >= 4 is 61.9 Å². The summed E-state index contributed by atoms with van der Waals surface area (Å²) in [5.74, 6) is 1.89. The van der Waals surface area contributed by atoms with E-state index in [1.54, 1.807) is 25.3 Å². The molecule has 2 aromatic carbocycles. The van der Waals surface area contributed by atoms with Gasteiger partial charge in [-0.15, -0.1) is 4.24 Å². The summed E-state index contributed by atoms with van der Waals surface area (Å²) < 4.78 is 28.4. The Balaban J connectivity index is 1.37. The summed E-state index contributed by atoms with van der Waals surface area (Å²) in [6.07, 6.45) is 7.87. The molecule has 1 saturated carbocycles. The maximum Gasteiger partial charge on any atom is 0.254 e. The van der Waals surface area contributed by atoms with Crippen LogP contribution in [0, 0.1) is 6.92 Å². The summed E-state index contributed by atoms with van der Waals surface area (Å²) in [5, 5.41) is 6.72. The van der Waals surface area contributed by atoms with Crippen molar-refractivity contribution in [1.29, 1.82) is 0 Å². The van der Waals surface area contributed by atoms with E-state index in [-0.39, 0.29) is 4.90 Å². The van der Waals surface area contributed by atoms with Crippen molar-refractivity contribution in [3.05, 3.63) is 54.2 Å². The summed E-state index contributed by atoms with van der Waals surface area (Å²) in [4.78, 5) is 15.8. The van der Waals surface area contributed by atoms with Crippen LogP contribution in [0.3, 0.4) is 0 Å². The lowest BCUT2D eigenvalue weighted by Gasteiger charge is -2.23. The Hall–Kier alpha value is -3.41. The highest BCUT2D eigenvalue weighted by Crippen LogP contribution is 2.29. The lowest BCUT2D eigenvalue weighted by Crippen LogP contribution is -2.23. The van der Waals surface area contributed by atoms with Crippen molar-refractivity contribution < 1.29 is 8.42 Å². The molecule has 1 aliphatic rings. The fourth-order valence-corrected chi connectivity index (χ4v) is 5.93. The van der Waals surface area contributed by atoms with E-state index in [4.69, 9.17) is 16.8 Å². The molecule has 5 rings (SSSR count). The maximum atomic E-state index is 12.2. The van der Waals surface area contributed by atoms with Crippen LogP contribution in [0.25, 0.3) is 11.0 Å². The van der Waals surface area contributed by atoms with Gasteiger partial charge in [-0.25, -0.2) is 18.4 Å². The number of hydrogen-bond acceptors (Lipinski definition) is 8. The molecule has 0 amide bonds. The average Bonchev–Trinajstić information content (AvgIpc) is 3.24. The Bertz CT molecular complexity index is 1570. The Morgan fingerprint density at radius 3 is 2.61 bits per heavy atom. The number of halogens is 1. The fourth-order valence-electron chi connectivity index (χ4n) is 4.82. The van der Waals surface area contributed by atoms with Gasteiger partial charge in [0, 0.05) is 37.7 Å². The molecule has 2 heterocycles. The first-order valence-electron chi connectivity index (χ1n) is 12.5. The largest absolute Gasteiger partial charge is 0.353 e. The van der Waals surface area contributed by atoms with Crippen molar-refractivity contribution in [2.75, 3.05) is 22.6 Å². The number of benzene rings is 2. The van der Waals surface area contributed by atoms with E-state index in [1.165, 1.54) is 38.2 Å². The lowest BCUT2D eigenvalue weighted by atomic mass is 9.96. The first-order chi connectivity index (χ1) is 18.2. The van der Waals surface area contributed by atoms with Crippen LogP contribution in [-0.4, -0.2) is 41.0 Å². The second-order valence-corrected chi connectivity index (χ2v) is 11.7. The number of anilines is 5. The van der Waals surface area contributed by atoms with Crippen molar-refractivity contribution in [2.24, 2.45) is 7.05 Å². The number of fused-ring (bicyclic) bond motifs is 1. The molecule has 12 heteroatoms. The third kappa shape index (κ3) is 5.40. The maximum absolute atomic E-state index is 12.2. The number of sulfonamides is 1. The predicted molar refractivity (Wildman–Crippen MR) is 152 cm³/mol. The van der Waals surface area contributed by atoms with E-state index in [9.17, 15) is 8.42 Å². The molecule has 1 fully saturated rings. The molecule has 0 radical (unpaired) electrons. The standard InChI is InChI=1S/C26H31ClN8O2S/c1-17-9-10-19(15-23(17)38(36,37)33-27)29-25-28-14-13-24(32-25)34(2)20-11-12-22-21(16-20)31-26(35(22)3)30-18-7-5-4-6-8-18/h9-16,18,33H,4-8H2,1-3H3,(H,30,31)(H,28,29,32). The topological polar surface area (TPSA) is 117 Å². The number of rotatable bonds is 8. The molecule has 0 aliphatic heterocycles. The minimum absolute atomic E-state index is 0.0757. The lowest BCUT2D eigenvalue weighted by molar-refractivity contribution is 0.460. The van der Waals surface area contributed by atoms with Crippen LogP contribution in [0.2, 0.25) is 0 Å². The van der Waals surface area contributed by atoms with Gasteiger partial charge >= 0.3 is 0 Å². The van der Waals surface area contributed by atoms with E-state index in [2.05, 4.69) is 31.2 Å². The van der Waals surface area contributed by atoms with Crippen molar-refractivity contribution in [3.63, 3.8) is 0 Å². The van der Waals surface area contributed by atoms with Crippen molar-refractivity contribution in [1.82, 2.24) is 23.8 Å². The fraction of sp³-hybridized carbons (Fsp3) is 0.346.